The molecule has 2 heteroatoms. The van der Waals surface area contributed by atoms with Gasteiger partial charge in [0.05, 0.1) is 11.4 Å². The molecule has 0 aromatic heterocycles. The Balaban J connectivity index is 1.80. The van der Waals surface area contributed by atoms with Crippen LogP contribution in [0, 0.1) is 0 Å². The molecule has 0 radical (unpaired) electrons. The molecule has 0 spiro atoms. The van der Waals surface area contributed by atoms with Gasteiger partial charge in [-0.3, -0.25) is 0 Å². The summed E-state index contributed by atoms with van der Waals surface area (Å²) in [7, 11) is 0. The highest BCUT2D eigenvalue weighted by atomic mass is 16.5. The van der Waals surface area contributed by atoms with Crippen LogP contribution in [0.1, 0.15) is 30.7 Å². The summed E-state index contributed by atoms with van der Waals surface area (Å²) in [5, 5.41) is 3.53. The van der Waals surface area contributed by atoms with E-state index in [4.69, 9.17) is 4.74 Å². The Hall–Kier alpha value is -1.96. The second-order valence-corrected chi connectivity index (χ2v) is 5.07. The molecule has 0 saturated heterocycles. The second kappa shape index (κ2) is 3.77. The van der Waals surface area contributed by atoms with E-state index in [-0.39, 0.29) is 0 Å². The summed E-state index contributed by atoms with van der Waals surface area (Å²) >= 11 is 0. The van der Waals surface area contributed by atoms with Crippen LogP contribution in [0.5, 0.6) is 11.5 Å². The fourth-order valence-corrected chi connectivity index (χ4v) is 2.74. The maximum absolute atomic E-state index is 5.97. The molecule has 18 heavy (non-hydrogen) atoms. The van der Waals surface area contributed by atoms with Gasteiger partial charge in [0.2, 0.25) is 0 Å². The van der Waals surface area contributed by atoms with E-state index in [9.17, 15) is 0 Å². The standard InChI is InChI=1S/C16H15NO/c1-2-9-14-13(8-1)17-16-12(11-5-3-6-11)7-4-10-15(16)18-14/h1-2,4,7-11,17H,3,5-6H2. The zero-order valence-electron chi connectivity index (χ0n) is 10.1. The van der Waals surface area contributed by atoms with E-state index in [1.807, 2.05) is 24.3 Å². The van der Waals surface area contributed by atoms with Crippen molar-refractivity contribution in [1.29, 1.82) is 0 Å². The third kappa shape index (κ3) is 1.42. The van der Waals surface area contributed by atoms with Gasteiger partial charge in [-0.05, 0) is 42.5 Å². The van der Waals surface area contributed by atoms with Crippen LogP contribution in [-0.4, -0.2) is 0 Å². The van der Waals surface area contributed by atoms with Gasteiger partial charge < -0.3 is 10.1 Å². The normalized spacial score (nSPS) is 16.9. The first-order valence-corrected chi connectivity index (χ1v) is 6.58. The number of hydrogen-bond donors (Lipinski definition) is 1. The summed E-state index contributed by atoms with van der Waals surface area (Å²) in [5.41, 5.74) is 3.64. The van der Waals surface area contributed by atoms with Crippen molar-refractivity contribution < 1.29 is 4.74 Å². The van der Waals surface area contributed by atoms with Crippen LogP contribution in [0.15, 0.2) is 42.5 Å². The lowest BCUT2D eigenvalue weighted by molar-refractivity contribution is 0.417. The van der Waals surface area contributed by atoms with Crippen molar-refractivity contribution in [3.8, 4) is 11.5 Å². The third-order valence-electron chi connectivity index (χ3n) is 3.97. The highest BCUT2D eigenvalue weighted by Gasteiger charge is 2.26. The van der Waals surface area contributed by atoms with Gasteiger partial charge >= 0.3 is 0 Å². The minimum atomic E-state index is 0.710. The summed E-state index contributed by atoms with van der Waals surface area (Å²) in [4.78, 5) is 0. The maximum atomic E-state index is 5.97. The van der Waals surface area contributed by atoms with Crippen LogP contribution >= 0.6 is 0 Å². The van der Waals surface area contributed by atoms with Crippen molar-refractivity contribution in [3.63, 3.8) is 0 Å². The molecule has 2 aromatic rings. The monoisotopic (exact) mass is 237 g/mol. The first-order chi connectivity index (χ1) is 8.92. The Morgan fingerprint density at radius 3 is 2.61 bits per heavy atom. The Morgan fingerprint density at radius 2 is 1.78 bits per heavy atom. The average molecular weight is 237 g/mol. The van der Waals surface area contributed by atoms with E-state index in [1.54, 1.807) is 0 Å². The Morgan fingerprint density at radius 1 is 0.944 bits per heavy atom. The Labute approximate surface area is 107 Å². The van der Waals surface area contributed by atoms with E-state index in [0.29, 0.717) is 5.92 Å². The van der Waals surface area contributed by atoms with E-state index < -0.39 is 0 Å². The molecule has 90 valence electrons. The predicted molar refractivity (Wildman–Crippen MR) is 72.8 cm³/mol. The van der Waals surface area contributed by atoms with Crippen LogP contribution < -0.4 is 10.1 Å². The molecule has 2 aromatic carbocycles. The average Bonchev–Trinajstić information content (AvgIpc) is 2.35. The van der Waals surface area contributed by atoms with Crippen molar-refractivity contribution in [2.75, 3.05) is 5.32 Å². The van der Waals surface area contributed by atoms with Gasteiger partial charge in [0, 0.05) is 0 Å². The van der Waals surface area contributed by atoms with Gasteiger partial charge in [-0.2, -0.15) is 0 Å². The van der Waals surface area contributed by atoms with Crippen molar-refractivity contribution in [2.45, 2.75) is 25.2 Å². The summed E-state index contributed by atoms with van der Waals surface area (Å²) in [6.07, 6.45) is 3.96. The fourth-order valence-electron chi connectivity index (χ4n) is 2.74. The zero-order chi connectivity index (χ0) is 11.9. The van der Waals surface area contributed by atoms with Crippen LogP contribution in [-0.2, 0) is 0 Å². The number of para-hydroxylation sites is 3. The van der Waals surface area contributed by atoms with Crippen LogP contribution in [0.4, 0.5) is 11.4 Å². The molecule has 1 heterocycles. The first kappa shape index (κ1) is 10.0. The SMILES string of the molecule is c1ccc2c(c1)Nc1c(cccc1C1CCC1)O2. The number of nitrogens with one attached hydrogen (secondary N) is 1. The molecule has 0 atom stereocenters. The van der Waals surface area contributed by atoms with Crippen molar-refractivity contribution in [3.05, 3.63) is 48.0 Å². The molecule has 1 aliphatic heterocycles. The molecule has 2 nitrogen and oxygen atoms in total. The summed E-state index contributed by atoms with van der Waals surface area (Å²) < 4.78 is 5.97. The lowest BCUT2D eigenvalue weighted by Gasteiger charge is -2.31. The number of rotatable bonds is 1. The van der Waals surface area contributed by atoms with Crippen molar-refractivity contribution in [1.82, 2.24) is 0 Å². The molecule has 0 bridgehead atoms. The third-order valence-corrected chi connectivity index (χ3v) is 3.97. The molecule has 1 aliphatic carbocycles. The zero-order valence-corrected chi connectivity index (χ0v) is 10.1. The first-order valence-electron chi connectivity index (χ1n) is 6.58. The number of ether oxygens (including phenoxy) is 1. The lowest BCUT2D eigenvalue weighted by Crippen LogP contribution is -2.13. The number of fused-ring (bicyclic) bond motifs is 2. The molecule has 0 unspecified atom stereocenters. The minimum absolute atomic E-state index is 0.710. The van der Waals surface area contributed by atoms with Crippen molar-refractivity contribution >= 4 is 11.4 Å². The highest BCUT2D eigenvalue weighted by Crippen LogP contribution is 2.48. The Bertz CT molecular complexity index is 602. The number of hydrogen-bond acceptors (Lipinski definition) is 2. The molecule has 2 aliphatic rings. The smallest absolute Gasteiger partial charge is 0.151 e. The van der Waals surface area contributed by atoms with Gasteiger partial charge in [-0.25, -0.2) is 0 Å². The molecule has 4 rings (SSSR count). The van der Waals surface area contributed by atoms with Gasteiger partial charge in [-0.1, -0.05) is 30.7 Å². The van der Waals surface area contributed by atoms with E-state index in [1.165, 1.54) is 30.5 Å². The quantitative estimate of drug-likeness (QED) is 0.656. The topological polar surface area (TPSA) is 21.3 Å². The molecule has 1 N–H and O–H groups in total. The lowest BCUT2D eigenvalue weighted by atomic mass is 9.79. The summed E-state index contributed by atoms with van der Waals surface area (Å²) in [6.45, 7) is 0. The second-order valence-electron chi connectivity index (χ2n) is 5.07. The van der Waals surface area contributed by atoms with E-state index >= 15 is 0 Å². The van der Waals surface area contributed by atoms with E-state index in [0.717, 1.165) is 17.2 Å². The van der Waals surface area contributed by atoms with E-state index in [2.05, 4.69) is 23.5 Å². The fraction of sp³-hybridized carbons (Fsp3) is 0.250. The van der Waals surface area contributed by atoms with Gasteiger partial charge in [0.15, 0.2) is 11.5 Å². The predicted octanol–water partition coefficient (Wildman–Crippen LogP) is 4.80. The van der Waals surface area contributed by atoms with Gasteiger partial charge in [-0.15, -0.1) is 0 Å². The Kier molecular flexibility index (Phi) is 2.10. The maximum Gasteiger partial charge on any atom is 0.151 e. The van der Waals surface area contributed by atoms with Crippen molar-refractivity contribution in [2.24, 2.45) is 0 Å². The van der Waals surface area contributed by atoms with Crippen LogP contribution in [0.25, 0.3) is 0 Å². The minimum Gasteiger partial charge on any atom is -0.453 e. The highest BCUT2D eigenvalue weighted by molar-refractivity contribution is 5.78. The molecular formula is C16H15NO. The van der Waals surface area contributed by atoms with Gasteiger partial charge in [0.1, 0.15) is 0 Å². The number of benzene rings is 2. The number of anilines is 2. The molecule has 1 saturated carbocycles. The molecule has 0 amide bonds. The van der Waals surface area contributed by atoms with Gasteiger partial charge in [0.25, 0.3) is 0 Å². The molecule has 1 fully saturated rings. The summed E-state index contributed by atoms with van der Waals surface area (Å²) in [6, 6.07) is 14.5. The largest absolute Gasteiger partial charge is 0.453 e. The van der Waals surface area contributed by atoms with Crippen LogP contribution in [0.3, 0.4) is 0 Å². The molecular weight excluding hydrogens is 222 g/mol. The summed E-state index contributed by atoms with van der Waals surface area (Å²) in [5.74, 6) is 2.58. The van der Waals surface area contributed by atoms with Crippen LogP contribution in [0.2, 0.25) is 0 Å².